The first-order valence-corrected chi connectivity index (χ1v) is 6.79. The Kier molecular flexibility index (Phi) is 5.54. The van der Waals surface area contributed by atoms with E-state index >= 15 is 0 Å². The number of ether oxygens (including phenoxy) is 1. The van der Waals surface area contributed by atoms with Crippen LogP contribution in [0.4, 0.5) is 4.79 Å². The highest BCUT2D eigenvalue weighted by Crippen LogP contribution is 2.42. The van der Waals surface area contributed by atoms with Crippen molar-refractivity contribution in [2.75, 3.05) is 19.7 Å². The van der Waals surface area contributed by atoms with Gasteiger partial charge in [-0.3, -0.25) is 9.59 Å². The minimum absolute atomic E-state index is 0.0280. The first-order chi connectivity index (χ1) is 9.68. The minimum Gasteiger partial charge on any atom is -0.480 e. The fourth-order valence-electron chi connectivity index (χ4n) is 2.38. The van der Waals surface area contributed by atoms with Crippen LogP contribution >= 0.6 is 0 Å². The maximum Gasteiger partial charge on any atom is 0.323 e. The summed E-state index contributed by atoms with van der Waals surface area (Å²) in [6, 6.07) is -0.862. The first kappa shape index (κ1) is 17.2. The molecule has 120 valence electrons. The van der Waals surface area contributed by atoms with Crippen molar-refractivity contribution in [3.8, 4) is 0 Å². The van der Waals surface area contributed by atoms with Gasteiger partial charge in [0.25, 0.3) is 0 Å². The zero-order chi connectivity index (χ0) is 16.2. The van der Waals surface area contributed by atoms with Crippen molar-refractivity contribution in [3.63, 3.8) is 0 Å². The topological polar surface area (TPSA) is 116 Å². The van der Waals surface area contributed by atoms with Gasteiger partial charge in [0.1, 0.15) is 13.1 Å². The zero-order valence-electron chi connectivity index (χ0n) is 12.5. The van der Waals surface area contributed by atoms with Crippen LogP contribution < -0.4 is 5.32 Å². The van der Waals surface area contributed by atoms with Crippen LogP contribution in [0.25, 0.3) is 0 Å². The lowest BCUT2D eigenvalue weighted by Gasteiger charge is -2.51. The molecule has 2 amide bonds. The zero-order valence-corrected chi connectivity index (χ0v) is 12.5. The minimum atomic E-state index is -1.26. The first-order valence-electron chi connectivity index (χ1n) is 6.79. The Hall–Kier alpha value is -1.83. The average molecular weight is 302 g/mol. The number of rotatable bonds is 7. The third-order valence-electron chi connectivity index (χ3n) is 3.78. The van der Waals surface area contributed by atoms with Crippen LogP contribution in [0.5, 0.6) is 0 Å². The SMILES string of the molecule is CCOC1CC(NC(=O)N(CC(=O)O)CC(=O)O)C1(C)C. The Morgan fingerprint density at radius 2 is 1.76 bits per heavy atom. The van der Waals surface area contributed by atoms with Gasteiger partial charge in [0.05, 0.1) is 6.10 Å². The van der Waals surface area contributed by atoms with E-state index in [0.717, 1.165) is 4.90 Å². The highest BCUT2D eigenvalue weighted by molar-refractivity contribution is 5.84. The molecular weight excluding hydrogens is 280 g/mol. The Bertz CT molecular complexity index is 407. The molecule has 0 bridgehead atoms. The average Bonchev–Trinajstić information content (AvgIpc) is 2.35. The van der Waals surface area contributed by atoms with Crippen LogP contribution in [0, 0.1) is 5.41 Å². The van der Waals surface area contributed by atoms with E-state index in [9.17, 15) is 14.4 Å². The lowest BCUT2D eigenvalue weighted by Crippen LogP contribution is -2.64. The van der Waals surface area contributed by atoms with Crippen molar-refractivity contribution in [1.82, 2.24) is 10.2 Å². The molecule has 8 nitrogen and oxygen atoms in total. The van der Waals surface area contributed by atoms with Crippen LogP contribution in [-0.4, -0.2) is 64.9 Å². The number of carboxylic acids is 2. The molecule has 2 atom stereocenters. The molecule has 0 saturated heterocycles. The van der Waals surface area contributed by atoms with E-state index in [1.807, 2.05) is 20.8 Å². The fourth-order valence-corrected chi connectivity index (χ4v) is 2.38. The Morgan fingerprint density at radius 3 is 2.14 bits per heavy atom. The standard InChI is InChI=1S/C13H22N2O6/c1-4-21-9-5-8(13(9,2)3)14-12(20)15(6-10(16)17)7-11(18)19/h8-9H,4-7H2,1-3H3,(H,14,20)(H,16,17)(H,18,19). The third kappa shape index (κ3) is 4.32. The molecule has 0 spiro atoms. The van der Waals surface area contributed by atoms with E-state index in [1.165, 1.54) is 0 Å². The van der Waals surface area contributed by atoms with Gasteiger partial charge in [0, 0.05) is 18.1 Å². The molecule has 0 radical (unpaired) electrons. The molecule has 8 heteroatoms. The summed E-state index contributed by atoms with van der Waals surface area (Å²) in [7, 11) is 0. The molecule has 1 rings (SSSR count). The van der Waals surface area contributed by atoms with Gasteiger partial charge >= 0.3 is 18.0 Å². The number of hydrogen-bond acceptors (Lipinski definition) is 4. The smallest absolute Gasteiger partial charge is 0.323 e. The molecule has 0 aromatic carbocycles. The molecule has 2 unspecified atom stereocenters. The predicted molar refractivity (Wildman–Crippen MR) is 73.0 cm³/mol. The largest absolute Gasteiger partial charge is 0.480 e. The maximum atomic E-state index is 12.0. The molecule has 0 heterocycles. The monoisotopic (exact) mass is 302 g/mol. The summed E-state index contributed by atoms with van der Waals surface area (Å²) < 4.78 is 5.54. The van der Waals surface area contributed by atoms with E-state index in [1.54, 1.807) is 0 Å². The van der Waals surface area contributed by atoms with E-state index in [0.29, 0.717) is 13.0 Å². The maximum absolute atomic E-state index is 12.0. The second kappa shape index (κ2) is 6.75. The number of carbonyl (C=O) groups excluding carboxylic acids is 1. The number of urea groups is 1. The van der Waals surface area contributed by atoms with Crippen molar-refractivity contribution in [2.45, 2.75) is 39.3 Å². The molecule has 1 aliphatic rings. The molecule has 1 aliphatic carbocycles. The molecular formula is C13H22N2O6. The fraction of sp³-hybridized carbons (Fsp3) is 0.769. The molecule has 0 aromatic heterocycles. The highest BCUT2D eigenvalue weighted by Gasteiger charge is 2.49. The summed E-state index contributed by atoms with van der Waals surface area (Å²) >= 11 is 0. The van der Waals surface area contributed by atoms with E-state index < -0.39 is 31.1 Å². The number of aliphatic carboxylic acids is 2. The van der Waals surface area contributed by atoms with Crippen LogP contribution in [0.2, 0.25) is 0 Å². The Morgan fingerprint density at radius 1 is 1.24 bits per heavy atom. The van der Waals surface area contributed by atoms with Crippen LogP contribution in [0.15, 0.2) is 0 Å². The molecule has 0 aliphatic heterocycles. The third-order valence-corrected chi connectivity index (χ3v) is 3.78. The quantitative estimate of drug-likeness (QED) is 0.625. The van der Waals surface area contributed by atoms with Crippen LogP contribution in [0.3, 0.4) is 0 Å². The molecule has 21 heavy (non-hydrogen) atoms. The van der Waals surface area contributed by atoms with Gasteiger partial charge in [-0.15, -0.1) is 0 Å². The Labute approximate surface area is 123 Å². The van der Waals surface area contributed by atoms with Gasteiger partial charge in [0.2, 0.25) is 0 Å². The van der Waals surface area contributed by atoms with Crippen LogP contribution in [0.1, 0.15) is 27.2 Å². The number of carbonyl (C=O) groups is 3. The normalized spacial score (nSPS) is 23.0. The summed E-state index contributed by atoms with van der Waals surface area (Å²) in [6.07, 6.45) is 0.654. The van der Waals surface area contributed by atoms with Gasteiger partial charge in [-0.05, 0) is 13.3 Å². The van der Waals surface area contributed by atoms with Crippen molar-refractivity contribution < 1.29 is 29.3 Å². The van der Waals surface area contributed by atoms with Gasteiger partial charge in [-0.1, -0.05) is 13.8 Å². The molecule has 0 aromatic rings. The van der Waals surface area contributed by atoms with Gasteiger partial charge < -0.3 is 25.2 Å². The van der Waals surface area contributed by atoms with E-state index in [2.05, 4.69) is 5.32 Å². The lowest BCUT2D eigenvalue weighted by atomic mass is 9.64. The number of amides is 2. The molecule has 1 fully saturated rings. The number of carboxylic acid groups (broad SMARTS) is 2. The Balaban J connectivity index is 2.62. The van der Waals surface area contributed by atoms with Crippen molar-refractivity contribution in [1.29, 1.82) is 0 Å². The predicted octanol–water partition coefficient (Wildman–Crippen LogP) is 0.371. The summed E-state index contributed by atoms with van der Waals surface area (Å²) in [5.74, 6) is -2.52. The summed E-state index contributed by atoms with van der Waals surface area (Å²) in [4.78, 5) is 34.2. The van der Waals surface area contributed by atoms with Gasteiger partial charge in [-0.25, -0.2) is 4.79 Å². The second-order valence-corrected chi connectivity index (χ2v) is 5.65. The number of nitrogens with one attached hydrogen (secondary N) is 1. The van der Waals surface area contributed by atoms with Crippen LogP contribution in [-0.2, 0) is 14.3 Å². The van der Waals surface area contributed by atoms with Gasteiger partial charge in [-0.2, -0.15) is 0 Å². The molecule has 1 saturated carbocycles. The summed E-state index contributed by atoms with van der Waals surface area (Å²) in [6.45, 7) is 5.06. The summed E-state index contributed by atoms with van der Waals surface area (Å²) in [5.41, 5.74) is -0.274. The van der Waals surface area contributed by atoms with Crippen molar-refractivity contribution in [3.05, 3.63) is 0 Å². The van der Waals surface area contributed by atoms with Crippen molar-refractivity contribution in [2.24, 2.45) is 5.41 Å². The van der Waals surface area contributed by atoms with Crippen molar-refractivity contribution >= 4 is 18.0 Å². The summed E-state index contributed by atoms with van der Waals surface area (Å²) in [5, 5.41) is 20.1. The van der Waals surface area contributed by atoms with E-state index in [4.69, 9.17) is 14.9 Å². The number of hydrogen-bond donors (Lipinski definition) is 3. The van der Waals surface area contributed by atoms with E-state index in [-0.39, 0.29) is 17.6 Å². The molecule has 3 N–H and O–H groups in total. The second-order valence-electron chi connectivity index (χ2n) is 5.65. The lowest BCUT2D eigenvalue weighted by molar-refractivity contribution is -0.140. The van der Waals surface area contributed by atoms with Gasteiger partial charge in [0.15, 0.2) is 0 Å². The highest BCUT2D eigenvalue weighted by atomic mass is 16.5. The number of nitrogens with zero attached hydrogens (tertiary/aromatic N) is 1.